The highest BCUT2D eigenvalue weighted by atomic mass is 19.4. The number of hydrogen-bond donors (Lipinski definition) is 2. The first-order valence-electron chi connectivity index (χ1n) is 7.03. The van der Waals surface area contributed by atoms with Gasteiger partial charge in [0.1, 0.15) is 11.4 Å². The van der Waals surface area contributed by atoms with Crippen LogP contribution in [-0.4, -0.2) is 16.1 Å². The third-order valence-electron chi connectivity index (χ3n) is 3.57. The molecule has 0 atom stereocenters. The fourth-order valence-corrected chi connectivity index (χ4v) is 2.45. The third kappa shape index (κ3) is 3.10. The van der Waals surface area contributed by atoms with Crippen LogP contribution in [0.15, 0.2) is 48.7 Å². The molecule has 0 aliphatic heterocycles. The fraction of sp³-hybridized carbons (Fsp3) is 0.0588. The molecule has 3 aromatic rings. The number of nitrogens with zero attached hydrogens (tertiary/aromatic N) is 1. The van der Waals surface area contributed by atoms with Crippen molar-refractivity contribution in [1.29, 1.82) is 0 Å². The van der Waals surface area contributed by atoms with Gasteiger partial charge in [0.05, 0.1) is 22.5 Å². The number of aromatic carboxylic acids is 1. The molecule has 2 aromatic carbocycles. The van der Waals surface area contributed by atoms with Gasteiger partial charge in [0, 0.05) is 11.6 Å². The van der Waals surface area contributed by atoms with Crippen molar-refractivity contribution in [3.63, 3.8) is 0 Å². The summed E-state index contributed by atoms with van der Waals surface area (Å²) in [4.78, 5) is 15.1. The lowest BCUT2D eigenvalue weighted by atomic mass is 10.0. The van der Waals surface area contributed by atoms with Crippen LogP contribution in [-0.2, 0) is 6.18 Å². The van der Waals surface area contributed by atoms with Crippen LogP contribution in [0.4, 0.5) is 28.9 Å². The van der Waals surface area contributed by atoms with Crippen molar-refractivity contribution in [3.05, 3.63) is 65.6 Å². The number of benzene rings is 2. The first-order chi connectivity index (χ1) is 11.8. The molecule has 0 aliphatic carbocycles. The Kier molecular flexibility index (Phi) is 4.03. The summed E-state index contributed by atoms with van der Waals surface area (Å²) in [5.74, 6) is -2.07. The lowest BCUT2D eigenvalue weighted by molar-refractivity contribution is -0.136. The number of halogens is 4. The smallest absolute Gasteiger partial charge is 0.418 e. The number of fused-ring (bicyclic) bond motifs is 1. The molecule has 0 bridgehead atoms. The normalized spacial score (nSPS) is 11.5. The zero-order chi connectivity index (χ0) is 18.2. The second-order valence-corrected chi connectivity index (χ2v) is 5.16. The molecule has 4 nitrogen and oxygen atoms in total. The summed E-state index contributed by atoms with van der Waals surface area (Å²) in [7, 11) is 0. The van der Waals surface area contributed by atoms with Crippen LogP contribution in [0.5, 0.6) is 0 Å². The largest absolute Gasteiger partial charge is 0.478 e. The molecule has 0 saturated carbocycles. The second kappa shape index (κ2) is 6.04. The van der Waals surface area contributed by atoms with Crippen molar-refractivity contribution in [2.24, 2.45) is 0 Å². The van der Waals surface area contributed by atoms with Gasteiger partial charge < -0.3 is 10.4 Å². The maximum atomic E-state index is 13.9. The van der Waals surface area contributed by atoms with Crippen molar-refractivity contribution in [1.82, 2.24) is 4.98 Å². The van der Waals surface area contributed by atoms with Crippen molar-refractivity contribution < 1.29 is 27.5 Å². The monoisotopic (exact) mass is 350 g/mol. The van der Waals surface area contributed by atoms with Gasteiger partial charge in [0.2, 0.25) is 0 Å². The van der Waals surface area contributed by atoms with Gasteiger partial charge in [-0.3, -0.25) is 4.98 Å². The molecule has 0 saturated heterocycles. The maximum Gasteiger partial charge on any atom is 0.418 e. The van der Waals surface area contributed by atoms with E-state index in [4.69, 9.17) is 0 Å². The molecular weight excluding hydrogens is 340 g/mol. The average Bonchev–Trinajstić information content (AvgIpc) is 2.55. The number of carboxylic acids is 1. The van der Waals surface area contributed by atoms with Crippen LogP contribution in [0.1, 0.15) is 15.9 Å². The number of pyridine rings is 1. The van der Waals surface area contributed by atoms with E-state index in [-0.39, 0.29) is 22.3 Å². The Morgan fingerprint density at radius 2 is 1.80 bits per heavy atom. The van der Waals surface area contributed by atoms with Gasteiger partial charge in [-0.1, -0.05) is 24.3 Å². The summed E-state index contributed by atoms with van der Waals surface area (Å²) < 4.78 is 53.4. The number of carboxylic acid groups (broad SMARTS) is 1. The second-order valence-electron chi connectivity index (χ2n) is 5.16. The molecule has 1 heterocycles. The Morgan fingerprint density at radius 1 is 1.08 bits per heavy atom. The van der Waals surface area contributed by atoms with Gasteiger partial charge in [-0.2, -0.15) is 13.2 Å². The van der Waals surface area contributed by atoms with Crippen molar-refractivity contribution in [3.8, 4) is 0 Å². The Bertz CT molecular complexity index is 971. The molecule has 1 aromatic heterocycles. The molecular formula is C17H10F4N2O2. The Balaban J connectivity index is 2.29. The third-order valence-corrected chi connectivity index (χ3v) is 3.57. The van der Waals surface area contributed by atoms with E-state index in [2.05, 4.69) is 10.3 Å². The summed E-state index contributed by atoms with van der Waals surface area (Å²) >= 11 is 0. The topological polar surface area (TPSA) is 62.2 Å². The zero-order valence-corrected chi connectivity index (χ0v) is 12.4. The molecule has 0 radical (unpaired) electrons. The number of carbonyl (C=O) groups is 1. The Labute approximate surface area is 138 Å². The minimum absolute atomic E-state index is 0.0603. The molecule has 0 fully saturated rings. The van der Waals surface area contributed by atoms with E-state index in [1.165, 1.54) is 24.3 Å². The average molecular weight is 350 g/mol. The number of aromatic nitrogens is 1. The number of hydrogen-bond acceptors (Lipinski definition) is 3. The standard InChI is InChI=1S/C17H10F4N2O2/c18-12-6-1-2-7-13(12)23-14-9-4-3-5-11(17(19,20)21)15(9)22-8-10(14)16(24)25/h1-8H,(H,22,23)(H,24,25). The number of anilines is 2. The van der Waals surface area contributed by atoms with E-state index >= 15 is 0 Å². The Hall–Kier alpha value is -3.16. The molecule has 2 N–H and O–H groups in total. The highest BCUT2D eigenvalue weighted by molar-refractivity contribution is 6.06. The molecule has 25 heavy (non-hydrogen) atoms. The predicted octanol–water partition coefficient (Wildman–Crippen LogP) is 4.83. The molecule has 0 aliphatic rings. The molecule has 0 amide bonds. The van der Waals surface area contributed by atoms with Gasteiger partial charge >= 0.3 is 12.1 Å². The van der Waals surface area contributed by atoms with E-state index in [0.717, 1.165) is 24.4 Å². The summed E-state index contributed by atoms with van der Waals surface area (Å²) in [6, 6.07) is 8.73. The Morgan fingerprint density at radius 3 is 2.44 bits per heavy atom. The van der Waals surface area contributed by atoms with Crippen molar-refractivity contribution in [2.75, 3.05) is 5.32 Å². The van der Waals surface area contributed by atoms with Crippen LogP contribution >= 0.6 is 0 Å². The molecule has 3 rings (SSSR count). The number of para-hydroxylation sites is 2. The molecule has 8 heteroatoms. The summed E-state index contributed by atoms with van der Waals surface area (Å²) in [6.07, 6.45) is -3.84. The van der Waals surface area contributed by atoms with Crippen LogP contribution in [0.25, 0.3) is 10.9 Å². The molecule has 128 valence electrons. The van der Waals surface area contributed by atoms with E-state index in [1.807, 2.05) is 0 Å². The van der Waals surface area contributed by atoms with E-state index in [1.54, 1.807) is 0 Å². The van der Waals surface area contributed by atoms with Gasteiger partial charge in [-0.25, -0.2) is 9.18 Å². The fourth-order valence-electron chi connectivity index (χ4n) is 2.45. The van der Waals surface area contributed by atoms with Crippen LogP contribution in [0, 0.1) is 5.82 Å². The molecule has 0 unspecified atom stereocenters. The van der Waals surface area contributed by atoms with Crippen LogP contribution < -0.4 is 5.32 Å². The van der Waals surface area contributed by atoms with Gasteiger partial charge in [0.25, 0.3) is 0 Å². The minimum Gasteiger partial charge on any atom is -0.478 e. The van der Waals surface area contributed by atoms with Crippen molar-refractivity contribution in [2.45, 2.75) is 6.18 Å². The highest BCUT2D eigenvalue weighted by Crippen LogP contribution is 2.37. The quantitative estimate of drug-likeness (QED) is 0.664. The predicted molar refractivity (Wildman–Crippen MR) is 83.4 cm³/mol. The van der Waals surface area contributed by atoms with E-state index in [0.29, 0.717) is 0 Å². The summed E-state index contributed by atoms with van der Waals surface area (Å²) in [5, 5.41) is 11.8. The summed E-state index contributed by atoms with van der Waals surface area (Å²) in [5.41, 5.74) is -2.00. The van der Waals surface area contributed by atoms with Gasteiger partial charge in [-0.05, 0) is 18.2 Å². The van der Waals surface area contributed by atoms with E-state index < -0.39 is 29.0 Å². The van der Waals surface area contributed by atoms with Gasteiger partial charge in [-0.15, -0.1) is 0 Å². The first-order valence-corrected chi connectivity index (χ1v) is 7.03. The van der Waals surface area contributed by atoms with Crippen molar-refractivity contribution >= 4 is 28.2 Å². The van der Waals surface area contributed by atoms with E-state index in [9.17, 15) is 27.5 Å². The van der Waals surface area contributed by atoms with Gasteiger partial charge in [0.15, 0.2) is 0 Å². The zero-order valence-electron chi connectivity index (χ0n) is 12.4. The number of rotatable bonds is 3. The highest BCUT2D eigenvalue weighted by Gasteiger charge is 2.34. The number of alkyl halides is 3. The van der Waals surface area contributed by atoms with Crippen LogP contribution in [0.3, 0.4) is 0 Å². The first kappa shape index (κ1) is 16.7. The molecule has 0 spiro atoms. The lowest BCUT2D eigenvalue weighted by Crippen LogP contribution is -2.10. The van der Waals surface area contributed by atoms with Crippen LogP contribution in [0.2, 0.25) is 0 Å². The maximum absolute atomic E-state index is 13.9. The summed E-state index contributed by atoms with van der Waals surface area (Å²) in [6.45, 7) is 0. The number of nitrogens with one attached hydrogen (secondary N) is 1. The minimum atomic E-state index is -4.66. The SMILES string of the molecule is O=C(O)c1cnc2c(C(F)(F)F)cccc2c1Nc1ccccc1F. The lowest BCUT2D eigenvalue weighted by Gasteiger charge is -2.15.